The van der Waals surface area contributed by atoms with E-state index in [0.717, 1.165) is 41.0 Å². The van der Waals surface area contributed by atoms with Crippen LogP contribution in [0.1, 0.15) is 23.2 Å². The minimum atomic E-state index is 0.0298. The Bertz CT molecular complexity index is 731. The summed E-state index contributed by atoms with van der Waals surface area (Å²) in [4.78, 5) is 15.0. The maximum Gasteiger partial charge on any atom is 0.251 e. The average molecular weight is 310 g/mol. The number of rotatable bonds is 3. The molecule has 0 spiro atoms. The Morgan fingerprint density at radius 3 is 3.00 bits per heavy atom. The zero-order chi connectivity index (χ0) is 15.8. The number of piperidine rings is 1. The summed E-state index contributed by atoms with van der Waals surface area (Å²) in [6, 6.07) is 12.0. The first-order valence-electron chi connectivity index (χ1n) is 8.33. The third-order valence-electron chi connectivity index (χ3n) is 5.12. The summed E-state index contributed by atoms with van der Waals surface area (Å²) in [6.07, 6.45) is 2.39. The molecule has 4 heteroatoms. The highest BCUT2D eigenvalue weighted by molar-refractivity contribution is 6.00. The van der Waals surface area contributed by atoms with Gasteiger partial charge in [0.2, 0.25) is 0 Å². The van der Waals surface area contributed by atoms with E-state index in [-0.39, 0.29) is 11.9 Å². The molecule has 2 aliphatic heterocycles. The molecule has 2 fully saturated rings. The molecule has 2 bridgehead atoms. The molecule has 4 nitrogen and oxygen atoms in total. The third-order valence-corrected chi connectivity index (χ3v) is 5.12. The van der Waals surface area contributed by atoms with Crippen molar-refractivity contribution in [2.75, 3.05) is 26.7 Å². The van der Waals surface area contributed by atoms with E-state index >= 15 is 0 Å². The number of fused-ring (bicyclic) bond motifs is 3. The predicted octanol–water partition coefficient (Wildman–Crippen LogP) is 2.67. The topological polar surface area (TPSA) is 41.6 Å². The van der Waals surface area contributed by atoms with Gasteiger partial charge in [-0.1, -0.05) is 12.1 Å². The van der Waals surface area contributed by atoms with E-state index < -0.39 is 0 Å². The Hall–Kier alpha value is -2.07. The number of benzene rings is 2. The standard InChI is InChI=1S/C19H22N2O2/c1-23-18-4-2-3-14-10-15(5-6-17(14)18)19(22)20-16-9-13-7-8-21(11-13)12-16/h2-6,10,13,16H,7-9,11-12H2,1H3,(H,20,22)/t13-,16-/m1/s1. The highest BCUT2D eigenvalue weighted by Crippen LogP contribution is 2.28. The molecule has 1 amide bonds. The van der Waals surface area contributed by atoms with Crippen LogP contribution in [0.3, 0.4) is 0 Å². The summed E-state index contributed by atoms with van der Waals surface area (Å²) in [7, 11) is 1.67. The lowest BCUT2D eigenvalue weighted by atomic mass is 9.96. The first-order chi connectivity index (χ1) is 11.2. The Morgan fingerprint density at radius 2 is 2.17 bits per heavy atom. The van der Waals surface area contributed by atoms with Crippen molar-refractivity contribution in [1.82, 2.24) is 10.2 Å². The van der Waals surface area contributed by atoms with Gasteiger partial charge in [-0.05, 0) is 55.0 Å². The first-order valence-corrected chi connectivity index (χ1v) is 8.33. The van der Waals surface area contributed by atoms with Crippen LogP contribution in [0.4, 0.5) is 0 Å². The van der Waals surface area contributed by atoms with Gasteiger partial charge in [-0.15, -0.1) is 0 Å². The molecule has 2 saturated heterocycles. The first kappa shape index (κ1) is 14.5. The van der Waals surface area contributed by atoms with Crippen LogP contribution in [0.15, 0.2) is 36.4 Å². The number of carbonyl (C=O) groups excluding carboxylic acids is 1. The van der Waals surface area contributed by atoms with Crippen LogP contribution < -0.4 is 10.1 Å². The molecule has 2 aromatic carbocycles. The third kappa shape index (κ3) is 2.79. The van der Waals surface area contributed by atoms with E-state index in [4.69, 9.17) is 4.74 Å². The van der Waals surface area contributed by atoms with Gasteiger partial charge in [-0.3, -0.25) is 4.79 Å². The summed E-state index contributed by atoms with van der Waals surface area (Å²) in [6.45, 7) is 3.39. The molecule has 4 rings (SSSR count). The van der Waals surface area contributed by atoms with Crippen LogP contribution >= 0.6 is 0 Å². The number of ether oxygens (including phenoxy) is 1. The van der Waals surface area contributed by atoms with Crippen molar-refractivity contribution in [3.8, 4) is 5.75 Å². The second-order valence-electron chi connectivity index (χ2n) is 6.72. The van der Waals surface area contributed by atoms with Crippen LogP contribution in [0, 0.1) is 5.92 Å². The molecule has 2 aliphatic rings. The van der Waals surface area contributed by atoms with Gasteiger partial charge in [0.15, 0.2) is 0 Å². The predicted molar refractivity (Wildman–Crippen MR) is 90.9 cm³/mol. The van der Waals surface area contributed by atoms with E-state index in [1.807, 2.05) is 36.4 Å². The summed E-state index contributed by atoms with van der Waals surface area (Å²) in [5, 5.41) is 5.28. The second kappa shape index (κ2) is 5.85. The molecule has 2 heterocycles. The summed E-state index contributed by atoms with van der Waals surface area (Å²) >= 11 is 0. The summed E-state index contributed by atoms with van der Waals surface area (Å²) in [5.74, 6) is 1.63. The summed E-state index contributed by atoms with van der Waals surface area (Å²) in [5.41, 5.74) is 0.721. The van der Waals surface area contributed by atoms with Gasteiger partial charge >= 0.3 is 0 Å². The van der Waals surface area contributed by atoms with Crippen molar-refractivity contribution in [1.29, 1.82) is 0 Å². The van der Waals surface area contributed by atoms with Gasteiger partial charge in [0.25, 0.3) is 5.91 Å². The highest BCUT2D eigenvalue weighted by Gasteiger charge is 2.32. The van der Waals surface area contributed by atoms with Crippen molar-refractivity contribution in [3.05, 3.63) is 42.0 Å². The van der Waals surface area contributed by atoms with E-state index in [1.54, 1.807) is 7.11 Å². The van der Waals surface area contributed by atoms with Gasteiger partial charge in [-0.25, -0.2) is 0 Å². The van der Waals surface area contributed by atoms with Gasteiger partial charge in [0.1, 0.15) is 5.75 Å². The normalized spacial score (nSPS) is 26.2. The fourth-order valence-electron chi connectivity index (χ4n) is 4.01. The van der Waals surface area contributed by atoms with E-state index in [9.17, 15) is 4.79 Å². The van der Waals surface area contributed by atoms with Gasteiger partial charge in [-0.2, -0.15) is 0 Å². The largest absolute Gasteiger partial charge is 0.496 e. The van der Waals surface area contributed by atoms with Crippen molar-refractivity contribution in [3.63, 3.8) is 0 Å². The Morgan fingerprint density at radius 1 is 1.26 bits per heavy atom. The number of hydrogen-bond donors (Lipinski definition) is 1. The number of nitrogens with one attached hydrogen (secondary N) is 1. The average Bonchev–Trinajstić information content (AvgIpc) is 2.92. The molecule has 0 aliphatic carbocycles. The van der Waals surface area contributed by atoms with E-state index in [0.29, 0.717) is 0 Å². The number of hydrogen-bond acceptors (Lipinski definition) is 3. The van der Waals surface area contributed by atoms with Crippen LogP contribution in [0.2, 0.25) is 0 Å². The van der Waals surface area contributed by atoms with Crippen LogP contribution in [-0.2, 0) is 0 Å². The van der Waals surface area contributed by atoms with E-state index in [1.165, 1.54) is 19.5 Å². The van der Waals surface area contributed by atoms with Gasteiger partial charge in [0.05, 0.1) is 7.11 Å². The maximum absolute atomic E-state index is 12.6. The molecular weight excluding hydrogens is 288 g/mol. The molecule has 23 heavy (non-hydrogen) atoms. The van der Waals surface area contributed by atoms with Gasteiger partial charge < -0.3 is 15.0 Å². The molecule has 1 N–H and O–H groups in total. The Kier molecular flexibility index (Phi) is 3.69. The Labute approximate surface area is 136 Å². The molecule has 3 atom stereocenters. The number of carbonyl (C=O) groups is 1. The Balaban J connectivity index is 1.53. The minimum absolute atomic E-state index is 0.0298. The lowest BCUT2D eigenvalue weighted by Gasteiger charge is -2.30. The molecular formula is C19H22N2O2. The fraction of sp³-hybridized carbons (Fsp3) is 0.421. The smallest absolute Gasteiger partial charge is 0.251 e. The van der Waals surface area contributed by atoms with Crippen LogP contribution in [0.25, 0.3) is 10.8 Å². The molecule has 0 saturated carbocycles. The van der Waals surface area contributed by atoms with Crippen molar-refractivity contribution >= 4 is 16.7 Å². The molecule has 0 radical (unpaired) electrons. The molecule has 2 aromatic rings. The zero-order valence-electron chi connectivity index (χ0n) is 13.4. The van der Waals surface area contributed by atoms with Gasteiger partial charge in [0, 0.05) is 30.1 Å². The lowest BCUT2D eigenvalue weighted by molar-refractivity contribution is 0.0909. The molecule has 120 valence electrons. The van der Waals surface area contributed by atoms with Crippen LogP contribution in [-0.4, -0.2) is 43.6 Å². The fourth-order valence-corrected chi connectivity index (χ4v) is 4.01. The number of nitrogens with zero attached hydrogens (tertiary/aromatic N) is 1. The van der Waals surface area contributed by atoms with Crippen molar-refractivity contribution in [2.24, 2.45) is 5.92 Å². The van der Waals surface area contributed by atoms with Crippen LogP contribution in [0.5, 0.6) is 5.75 Å². The van der Waals surface area contributed by atoms with E-state index in [2.05, 4.69) is 10.2 Å². The number of methoxy groups -OCH3 is 1. The highest BCUT2D eigenvalue weighted by atomic mass is 16.5. The minimum Gasteiger partial charge on any atom is -0.496 e. The zero-order valence-corrected chi connectivity index (χ0v) is 13.4. The van der Waals surface area contributed by atoms with Crippen molar-refractivity contribution in [2.45, 2.75) is 18.9 Å². The molecule has 0 aromatic heterocycles. The van der Waals surface area contributed by atoms with Crippen molar-refractivity contribution < 1.29 is 9.53 Å². The maximum atomic E-state index is 12.6. The molecule has 1 unspecified atom stereocenters. The monoisotopic (exact) mass is 310 g/mol. The second-order valence-corrected chi connectivity index (χ2v) is 6.72. The quantitative estimate of drug-likeness (QED) is 0.947. The SMILES string of the molecule is COc1cccc2cc(C(=O)N[C@@H]3C[C@H]4CCN(C4)C3)ccc12. The summed E-state index contributed by atoms with van der Waals surface area (Å²) < 4.78 is 5.37. The lowest BCUT2D eigenvalue weighted by Crippen LogP contribution is -2.47. The number of amides is 1.